The van der Waals surface area contributed by atoms with Crippen LogP contribution in [0.1, 0.15) is 31.3 Å². The molecule has 0 spiro atoms. The minimum Gasteiger partial charge on any atom is -0.383 e. The standard InChI is InChI=1S/C19H27F3N6O/c1-14(2)17(18-23-24-25-28(18)11-12-29-3)27-9-7-26(8-10-27)16-6-4-5-15(13-16)19(20,21)22/h4-6,13-14,17H,7-12H2,1-3H3. The summed E-state index contributed by atoms with van der Waals surface area (Å²) in [5.74, 6) is 1.08. The minimum absolute atomic E-state index is 0.0329. The second-order valence-corrected chi connectivity index (χ2v) is 7.51. The zero-order valence-electron chi connectivity index (χ0n) is 16.9. The Labute approximate surface area is 168 Å². The quantitative estimate of drug-likeness (QED) is 0.697. The number of hydrogen-bond acceptors (Lipinski definition) is 6. The van der Waals surface area contributed by atoms with Gasteiger partial charge in [-0.2, -0.15) is 13.2 Å². The fraction of sp³-hybridized carbons (Fsp3) is 0.632. The molecule has 10 heteroatoms. The number of halogens is 3. The largest absolute Gasteiger partial charge is 0.416 e. The van der Waals surface area contributed by atoms with Crippen molar-refractivity contribution in [1.82, 2.24) is 25.1 Å². The van der Waals surface area contributed by atoms with Crippen LogP contribution in [0.4, 0.5) is 18.9 Å². The van der Waals surface area contributed by atoms with Crippen LogP contribution in [0.3, 0.4) is 0 Å². The first-order valence-corrected chi connectivity index (χ1v) is 9.72. The average Bonchev–Trinajstić information content (AvgIpc) is 3.14. The molecule has 0 amide bonds. The molecule has 160 valence electrons. The van der Waals surface area contributed by atoms with Crippen molar-refractivity contribution in [1.29, 1.82) is 0 Å². The van der Waals surface area contributed by atoms with Gasteiger partial charge in [-0.05, 0) is 34.5 Å². The molecule has 1 atom stereocenters. The molecule has 1 unspecified atom stereocenters. The number of alkyl halides is 3. The molecule has 0 saturated carbocycles. The number of tetrazole rings is 1. The molecule has 2 aromatic rings. The molecule has 3 rings (SSSR count). The van der Waals surface area contributed by atoms with Crippen molar-refractivity contribution in [2.24, 2.45) is 5.92 Å². The fourth-order valence-electron chi connectivity index (χ4n) is 3.78. The van der Waals surface area contributed by atoms with Gasteiger partial charge in [0.1, 0.15) is 0 Å². The maximum absolute atomic E-state index is 13.0. The molecule has 1 fully saturated rings. The van der Waals surface area contributed by atoms with Crippen LogP contribution in [-0.2, 0) is 17.5 Å². The predicted molar refractivity (Wildman–Crippen MR) is 103 cm³/mol. The lowest BCUT2D eigenvalue weighted by Gasteiger charge is -2.41. The minimum atomic E-state index is -4.33. The lowest BCUT2D eigenvalue weighted by atomic mass is 10.0. The number of rotatable bonds is 7. The highest BCUT2D eigenvalue weighted by molar-refractivity contribution is 5.49. The highest BCUT2D eigenvalue weighted by Crippen LogP contribution is 2.33. The maximum atomic E-state index is 13.0. The van der Waals surface area contributed by atoms with Gasteiger partial charge in [0.2, 0.25) is 0 Å². The molecule has 1 aliphatic rings. The molecule has 2 heterocycles. The summed E-state index contributed by atoms with van der Waals surface area (Å²) in [4.78, 5) is 4.31. The van der Waals surface area contributed by atoms with E-state index in [1.165, 1.54) is 12.1 Å². The van der Waals surface area contributed by atoms with E-state index in [4.69, 9.17) is 4.74 Å². The van der Waals surface area contributed by atoms with Crippen LogP contribution in [-0.4, -0.2) is 65.0 Å². The summed E-state index contributed by atoms with van der Waals surface area (Å²) in [5.41, 5.74) is -0.0136. The number of piperazine rings is 1. The normalized spacial score (nSPS) is 17.1. The Balaban J connectivity index is 1.71. The second-order valence-electron chi connectivity index (χ2n) is 7.51. The number of benzene rings is 1. The number of aromatic nitrogens is 4. The number of hydrogen-bond donors (Lipinski definition) is 0. The maximum Gasteiger partial charge on any atom is 0.416 e. The zero-order valence-corrected chi connectivity index (χ0v) is 16.9. The van der Waals surface area contributed by atoms with Crippen molar-refractivity contribution < 1.29 is 17.9 Å². The van der Waals surface area contributed by atoms with Crippen LogP contribution >= 0.6 is 0 Å². The molecule has 1 aromatic carbocycles. The van der Waals surface area contributed by atoms with Gasteiger partial charge < -0.3 is 9.64 Å². The van der Waals surface area contributed by atoms with Crippen LogP contribution in [0.5, 0.6) is 0 Å². The number of methoxy groups -OCH3 is 1. The van der Waals surface area contributed by atoms with E-state index in [0.29, 0.717) is 31.9 Å². The summed E-state index contributed by atoms with van der Waals surface area (Å²) in [6, 6.07) is 5.56. The Morgan fingerprint density at radius 1 is 1.14 bits per heavy atom. The Morgan fingerprint density at radius 2 is 1.86 bits per heavy atom. The molecule has 1 aromatic heterocycles. The second kappa shape index (κ2) is 9.08. The van der Waals surface area contributed by atoms with E-state index in [1.54, 1.807) is 17.9 Å². The smallest absolute Gasteiger partial charge is 0.383 e. The monoisotopic (exact) mass is 412 g/mol. The van der Waals surface area contributed by atoms with Gasteiger partial charge in [0, 0.05) is 39.0 Å². The van der Waals surface area contributed by atoms with Crippen LogP contribution in [0.15, 0.2) is 24.3 Å². The molecule has 7 nitrogen and oxygen atoms in total. The number of ether oxygens (including phenoxy) is 1. The number of nitrogens with zero attached hydrogens (tertiary/aromatic N) is 6. The number of anilines is 1. The molecular formula is C19H27F3N6O. The van der Waals surface area contributed by atoms with Gasteiger partial charge in [-0.25, -0.2) is 4.68 Å². The van der Waals surface area contributed by atoms with Crippen LogP contribution in [0.25, 0.3) is 0 Å². The molecule has 0 N–H and O–H groups in total. The third kappa shape index (κ3) is 5.05. The lowest BCUT2D eigenvalue weighted by molar-refractivity contribution is -0.137. The van der Waals surface area contributed by atoms with Gasteiger partial charge in [0.05, 0.1) is 24.8 Å². The molecule has 1 saturated heterocycles. The molecule has 0 bridgehead atoms. The van der Waals surface area contributed by atoms with Crippen molar-refractivity contribution in [3.63, 3.8) is 0 Å². The van der Waals surface area contributed by atoms with E-state index in [1.807, 2.05) is 4.90 Å². The lowest BCUT2D eigenvalue weighted by Crippen LogP contribution is -2.49. The van der Waals surface area contributed by atoms with Crippen molar-refractivity contribution in [3.8, 4) is 0 Å². The van der Waals surface area contributed by atoms with E-state index in [0.717, 1.165) is 25.0 Å². The van der Waals surface area contributed by atoms with E-state index in [9.17, 15) is 13.2 Å². The van der Waals surface area contributed by atoms with Gasteiger partial charge in [0.25, 0.3) is 0 Å². The summed E-state index contributed by atoms with van der Waals surface area (Å²) in [5, 5.41) is 12.2. The van der Waals surface area contributed by atoms with E-state index >= 15 is 0 Å². The van der Waals surface area contributed by atoms with Crippen molar-refractivity contribution >= 4 is 5.69 Å². The van der Waals surface area contributed by atoms with E-state index in [2.05, 4.69) is 34.3 Å². The molecule has 1 aliphatic heterocycles. The first-order valence-electron chi connectivity index (χ1n) is 9.72. The highest BCUT2D eigenvalue weighted by Gasteiger charge is 2.33. The van der Waals surface area contributed by atoms with Gasteiger partial charge in [-0.15, -0.1) is 5.10 Å². The van der Waals surface area contributed by atoms with Gasteiger partial charge >= 0.3 is 6.18 Å². The van der Waals surface area contributed by atoms with Crippen LogP contribution in [0.2, 0.25) is 0 Å². The van der Waals surface area contributed by atoms with E-state index in [-0.39, 0.29) is 12.0 Å². The van der Waals surface area contributed by atoms with Gasteiger partial charge in [0.15, 0.2) is 5.82 Å². The average molecular weight is 412 g/mol. The molecular weight excluding hydrogens is 385 g/mol. The van der Waals surface area contributed by atoms with Gasteiger partial charge in [-0.1, -0.05) is 19.9 Å². The van der Waals surface area contributed by atoms with Crippen LogP contribution in [0, 0.1) is 5.92 Å². The van der Waals surface area contributed by atoms with E-state index < -0.39 is 11.7 Å². The highest BCUT2D eigenvalue weighted by atomic mass is 19.4. The van der Waals surface area contributed by atoms with Crippen molar-refractivity contribution in [2.45, 2.75) is 32.6 Å². The third-order valence-corrected chi connectivity index (χ3v) is 5.21. The molecule has 0 radical (unpaired) electrons. The van der Waals surface area contributed by atoms with Crippen molar-refractivity contribution in [3.05, 3.63) is 35.7 Å². The zero-order chi connectivity index (χ0) is 21.0. The Bertz CT molecular complexity index is 786. The van der Waals surface area contributed by atoms with Crippen molar-refractivity contribution in [2.75, 3.05) is 44.8 Å². The summed E-state index contributed by atoms with van der Waals surface area (Å²) < 4.78 is 46.0. The first kappa shape index (κ1) is 21.5. The summed E-state index contributed by atoms with van der Waals surface area (Å²) >= 11 is 0. The predicted octanol–water partition coefficient (Wildman–Crippen LogP) is 2.86. The summed E-state index contributed by atoms with van der Waals surface area (Å²) in [7, 11) is 1.64. The SMILES string of the molecule is COCCn1nnnc1C(C(C)C)N1CCN(c2cccc(C(F)(F)F)c2)CC1. The molecule has 0 aliphatic carbocycles. The molecule has 29 heavy (non-hydrogen) atoms. The first-order chi connectivity index (χ1) is 13.8. The Hall–Kier alpha value is -2.20. The third-order valence-electron chi connectivity index (χ3n) is 5.21. The summed E-state index contributed by atoms with van der Waals surface area (Å²) in [6.07, 6.45) is -4.33. The van der Waals surface area contributed by atoms with Gasteiger partial charge in [-0.3, -0.25) is 4.90 Å². The van der Waals surface area contributed by atoms with Crippen LogP contribution < -0.4 is 4.90 Å². The fourth-order valence-corrected chi connectivity index (χ4v) is 3.78. The Kier molecular flexibility index (Phi) is 6.74. The summed E-state index contributed by atoms with van der Waals surface area (Å²) in [6.45, 7) is 8.07. The topological polar surface area (TPSA) is 59.3 Å². The Morgan fingerprint density at radius 3 is 2.48 bits per heavy atom.